The number of hydrogen-bond acceptors (Lipinski definition) is 5. The highest BCUT2D eigenvalue weighted by Gasteiger charge is 2.28. The monoisotopic (exact) mass is 295 g/mol. The summed E-state index contributed by atoms with van der Waals surface area (Å²) in [6.45, 7) is 4.27. The van der Waals surface area contributed by atoms with Gasteiger partial charge in [0.2, 0.25) is 0 Å². The summed E-state index contributed by atoms with van der Waals surface area (Å²) in [6, 6.07) is 7.38. The Morgan fingerprint density at radius 1 is 1.33 bits per heavy atom. The quantitative estimate of drug-likeness (QED) is 0.538. The van der Waals surface area contributed by atoms with Gasteiger partial charge in [-0.25, -0.2) is 0 Å². The van der Waals surface area contributed by atoms with Crippen LogP contribution in [0.25, 0.3) is 0 Å². The summed E-state index contributed by atoms with van der Waals surface area (Å²) >= 11 is 0. The van der Waals surface area contributed by atoms with Crippen LogP contribution >= 0.6 is 0 Å². The molecule has 0 aliphatic heterocycles. The molecule has 5 heteroatoms. The number of hydrogen-bond donors (Lipinski definition) is 2. The molecule has 0 heterocycles. The van der Waals surface area contributed by atoms with Crippen LogP contribution in [-0.4, -0.2) is 29.8 Å². The van der Waals surface area contributed by atoms with Crippen LogP contribution in [0.2, 0.25) is 0 Å². The molecule has 118 valence electrons. The Labute approximate surface area is 126 Å². The summed E-state index contributed by atoms with van der Waals surface area (Å²) in [5.74, 6) is 0.331. The molecule has 0 aliphatic rings. The smallest absolute Gasteiger partial charge is 0.325 e. The van der Waals surface area contributed by atoms with E-state index < -0.39 is 5.54 Å². The third-order valence-corrected chi connectivity index (χ3v) is 3.23. The van der Waals surface area contributed by atoms with E-state index in [4.69, 9.17) is 15.2 Å². The third-order valence-electron chi connectivity index (χ3n) is 3.23. The maximum absolute atomic E-state index is 11.6. The molecule has 1 atom stereocenters. The molecule has 1 rings (SSSR count). The summed E-state index contributed by atoms with van der Waals surface area (Å²) in [4.78, 5) is 11.6. The Balaban J connectivity index is 2.30. The lowest BCUT2D eigenvalue weighted by molar-refractivity contribution is -0.149. The fourth-order valence-electron chi connectivity index (χ4n) is 1.95. The van der Waals surface area contributed by atoms with Crippen molar-refractivity contribution in [3.8, 4) is 5.75 Å². The minimum Gasteiger partial charge on any atom is -0.493 e. The number of rotatable bonds is 9. The molecule has 1 aromatic rings. The minimum atomic E-state index is -0.945. The predicted molar refractivity (Wildman–Crippen MR) is 80.9 cm³/mol. The fourth-order valence-corrected chi connectivity index (χ4v) is 1.95. The van der Waals surface area contributed by atoms with Crippen LogP contribution in [0.3, 0.4) is 0 Å². The maximum atomic E-state index is 11.6. The van der Waals surface area contributed by atoms with E-state index in [0.717, 1.165) is 18.4 Å². The molecule has 0 saturated heterocycles. The number of aliphatic hydroxyl groups excluding tert-OH is 1. The molecule has 0 fully saturated rings. The number of ether oxygens (including phenoxy) is 2. The molecule has 0 saturated carbocycles. The zero-order chi connectivity index (χ0) is 15.7. The SMILES string of the molecule is CCOC(=O)C(C)(N)CCCCOc1ccccc1CO. The highest BCUT2D eigenvalue weighted by atomic mass is 16.5. The second-order valence-electron chi connectivity index (χ2n) is 5.21. The summed E-state index contributed by atoms with van der Waals surface area (Å²) in [5, 5.41) is 9.19. The maximum Gasteiger partial charge on any atom is 0.325 e. The van der Waals surface area contributed by atoms with E-state index in [1.54, 1.807) is 13.8 Å². The van der Waals surface area contributed by atoms with Gasteiger partial charge in [-0.3, -0.25) is 4.79 Å². The standard InChI is InChI=1S/C16H25NO4/c1-3-20-15(19)16(2,17)10-6-7-11-21-14-9-5-4-8-13(14)12-18/h4-5,8-9,18H,3,6-7,10-12,17H2,1-2H3. The third kappa shape index (κ3) is 5.73. The Hall–Kier alpha value is -1.59. The molecule has 5 nitrogen and oxygen atoms in total. The zero-order valence-electron chi connectivity index (χ0n) is 12.8. The second-order valence-corrected chi connectivity index (χ2v) is 5.21. The van der Waals surface area contributed by atoms with E-state index in [0.29, 0.717) is 25.4 Å². The van der Waals surface area contributed by atoms with Gasteiger partial charge in [0.1, 0.15) is 11.3 Å². The van der Waals surface area contributed by atoms with Crippen LogP contribution in [0.4, 0.5) is 0 Å². The average molecular weight is 295 g/mol. The molecule has 0 aromatic heterocycles. The molecule has 1 aromatic carbocycles. The van der Waals surface area contributed by atoms with E-state index in [-0.39, 0.29) is 12.6 Å². The highest BCUT2D eigenvalue weighted by Crippen LogP contribution is 2.19. The van der Waals surface area contributed by atoms with Gasteiger partial charge in [-0.05, 0) is 39.2 Å². The number of aliphatic hydroxyl groups is 1. The van der Waals surface area contributed by atoms with Crippen molar-refractivity contribution in [1.29, 1.82) is 0 Å². The van der Waals surface area contributed by atoms with Crippen molar-refractivity contribution in [2.75, 3.05) is 13.2 Å². The number of nitrogens with two attached hydrogens (primary N) is 1. The zero-order valence-corrected chi connectivity index (χ0v) is 12.8. The van der Waals surface area contributed by atoms with Gasteiger partial charge >= 0.3 is 5.97 Å². The first-order valence-electron chi connectivity index (χ1n) is 7.29. The molecule has 0 bridgehead atoms. The van der Waals surface area contributed by atoms with Gasteiger partial charge in [0.25, 0.3) is 0 Å². The first kappa shape index (κ1) is 17.5. The lowest BCUT2D eigenvalue weighted by Crippen LogP contribution is -2.46. The van der Waals surface area contributed by atoms with Gasteiger partial charge in [0.05, 0.1) is 19.8 Å². The van der Waals surface area contributed by atoms with E-state index >= 15 is 0 Å². The largest absolute Gasteiger partial charge is 0.493 e. The summed E-state index contributed by atoms with van der Waals surface area (Å²) < 4.78 is 10.6. The van der Waals surface area contributed by atoms with Gasteiger partial charge in [0.15, 0.2) is 0 Å². The Morgan fingerprint density at radius 3 is 2.71 bits per heavy atom. The first-order valence-corrected chi connectivity index (χ1v) is 7.29. The van der Waals surface area contributed by atoms with E-state index in [1.165, 1.54) is 0 Å². The molecule has 0 amide bonds. The lowest BCUT2D eigenvalue weighted by Gasteiger charge is -2.22. The molecule has 21 heavy (non-hydrogen) atoms. The number of carbonyl (C=O) groups excluding carboxylic acids is 1. The van der Waals surface area contributed by atoms with Crippen LogP contribution < -0.4 is 10.5 Å². The average Bonchev–Trinajstić information content (AvgIpc) is 2.47. The fraction of sp³-hybridized carbons (Fsp3) is 0.562. The van der Waals surface area contributed by atoms with Gasteiger partial charge in [0, 0.05) is 5.56 Å². The molecular weight excluding hydrogens is 270 g/mol. The first-order chi connectivity index (χ1) is 10.0. The Bertz CT molecular complexity index is 446. The van der Waals surface area contributed by atoms with E-state index in [2.05, 4.69) is 0 Å². The minimum absolute atomic E-state index is 0.0418. The van der Waals surface area contributed by atoms with Crippen molar-refractivity contribution >= 4 is 5.97 Å². The predicted octanol–water partition coefficient (Wildman–Crippen LogP) is 2.01. The van der Waals surface area contributed by atoms with Crippen molar-refractivity contribution in [3.05, 3.63) is 29.8 Å². The Morgan fingerprint density at radius 2 is 2.05 bits per heavy atom. The van der Waals surface area contributed by atoms with Gasteiger partial charge in [-0.2, -0.15) is 0 Å². The van der Waals surface area contributed by atoms with Crippen LogP contribution in [0, 0.1) is 0 Å². The van der Waals surface area contributed by atoms with Crippen molar-refractivity contribution in [3.63, 3.8) is 0 Å². The molecule has 1 unspecified atom stereocenters. The summed E-state index contributed by atoms with van der Waals surface area (Å²) in [6.07, 6.45) is 2.11. The van der Waals surface area contributed by atoms with Crippen LogP contribution in [0.5, 0.6) is 5.75 Å². The molecule has 0 spiro atoms. The van der Waals surface area contributed by atoms with Gasteiger partial charge in [-0.1, -0.05) is 18.2 Å². The van der Waals surface area contributed by atoms with Crippen molar-refractivity contribution in [2.45, 2.75) is 45.3 Å². The topological polar surface area (TPSA) is 81.8 Å². The highest BCUT2D eigenvalue weighted by molar-refractivity contribution is 5.79. The number of esters is 1. The van der Waals surface area contributed by atoms with Gasteiger partial charge in [-0.15, -0.1) is 0 Å². The summed E-state index contributed by atoms with van der Waals surface area (Å²) in [5.41, 5.74) is 5.76. The molecule has 3 N–H and O–H groups in total. The number of carbonyl (C=O) groups is 1. The number of benzene rings is 1. The van der Waals surface area contributed by atoms with Crippen LogP contribution in [-0.2, 0) is 16.1 Å². The number of unbranched alkanes of at least 4 members (excludes halogenated alkanes) is 1. The van der Waals surface area contributed by atoms with Crippen LogP contribution in [0.1, 0.15) is 38.7 Å². The van der Waals surface area contributed by atoms with E-state index in [9.17, 15) is 9.90 Å². The van der Waals surface area contributed by atoms with Crippen molar-refractivity contribution < 1.29 is 19.4 Å². The second kappa shape index (κ2) is 8.64. The molecule has 0 radical (unpaired) electrons. The molecule has 0 aliphatic carbocycles. The molecular formula is C16H25NO4. The Kier molecular flexibility index (Phi) is 7.19. The number of para-hydroxylation sites is 1. The lowest BCUT2D eigenvalue weighted by atomic mass is 9.96. The summed E-state index contributed by atoms with van der Waals surface area (Å²) in [7, 11) is 0. The van der Waals surface area contributed by atoms with Crippen molar-refractivity contribution in [1.82, 2.24) is 0 Å². The van der Waals surface area contributed by atoms with Crippen molar-refractivity contribution in [2.24, 2.45) is 5.73 Å². The van der Waals surface area contributed by atoms with Crippen LogP contribution in [0.15, 0.2) is 24.3 Å². The van der Waals surface area contributed by atoms with E-state index in [1.807, 2.05) is 24.3 Å². The normalized spacial score (nSPS) is 13.5. The van der Waals surface area contributed by atoms with Gasteiger partial charge < -0.3 is 20.3 Å².